The van der Waals surface area contributed by atoms with Gasteiger partial charge in [0.05, 0.1) is 12.8 Å². The molecule has 1 unspecified atom stereocenters. The van der Waals surface area contributed by atoms with Crippen molar-refractivity contribution in [2.75, 3.05) is 13.6 Å². The van der Waals surface area contributed by atoms with Crippen LogP contribution in [0, 0.1) is 12.7 Å². The van der Waals surface area contributed by atoms with Crippen LogP contribution in [0.1, 0.15) is 22.9 Å². The molecule has 102 valence electrons. The number of nitrogens with two attached hydrogens (primary N) is 1. The highest BCUT2D eigenvalue weighted by atomic mass is 19.1. The van der Waals surface area contributed by atoms with Crippen LogP contribution in [0.15, 0.2) is 41.0 Å². The number of aryl methyl sites for hydroxylation is 1. The van der Waals surface area contributed by atoms with Crippen LogP contribution in [-0.4, -0.2) is 18.5 Å². The molecule has 1 aromatic carbocycles. The molecular formula is C15H19FN2O. The standard InChI is InChI=1S/C15H19FN2O/c1-11-5-6-12(16)8-14(11)15(9-17)18(2)10-13-4-3-7-19-13/h3-8,15H,9-10,17H2,1-2H3. The molecule has 0 spiro atoms. The fourth-order valence-electron chi connectivity index (χ4n) is 2.27. The van der Waals surface area contributed by atoms with Crippen molar-refractivity contribution in [1.82, 2.24) is 4.90 Å². The van der Waals surface area contributed by atoms with Crippen molar-refractivity contribution < 1.29 is 8.81 Å². The van der Waals surface area contributed by atoms with E-state index in [0.717, 1.165) is 16.9 Å². The van der Waals surface area contributed by atoms with E-state index in [1.165, 1.54) is 6.07 Å². The Hall–Kier alpha value is -1.65. The van der Waals surface area contributed by atoms with Crippen LogP contribution in [0.2, 0.25) is 0 Å². The first-order valence-electron chi connectivity index (χ1n) is 6.30. The summed E-state index contributed by atoms with van der Waals surface area (Å²) in [6.07, 6.45) is 1.65. The minimum atomic E-state index is -0.231. The second-order valence-electron chi connectivity index (χ2n) is 4.75. The maximum absolute atomic E-state index is 13.4. The van der Waals surface area contributed by atoms with Gasteiger partial charge < -0.3 is 10.2 Å². The SMILES string of the molecule is Cc1ccc(F)cc1C(CN)N(C)Cc1ccco1. The van der Waals surface area contributed by atoms with E-state index in [2.05, 4.69) is 4.90 Å². The Morgan fingerprint density at radius 1 is 1.37 bits per heavy atom. The number of hydrogen-bond acceptors (Lipinski definition) is 3. The summed E-state index contributed by atoms with van der Waals surface area (Å²) in [5, 5.41) is 0. The minimum Gasteiger partial charge on any atom is -0.468 e. The molecule has 0 aliphatic carbocycles. The molecule has 19 heavy (non-hydrogen) atoms. The fourth-order valence-corrected chi connectivity index (χ4v) is 2.27. The van der Waals surface area contributed by atoms with Gasteiger partial charge in [-0.2, -0.15) is 0 Å². The molecule has 0 radical (unpaired) electrons. The molecule has 2 N–H and O–H groups in total. The van der Waals surface area contributed by atoms with E-state index in [0.29, 0.717) is 13.1 Å². The summed E-state index contributed by atoms with van der Waals surface area (Å²) in [4.78, 5) is 2.07. The lowest BCUT2D eigenvalue weighted by molar-refractivity contribution is 0.222. The topological polar surface area (TPSA) is 42.4 Å². The second-order valence-corrected chi connectivity index (χ2v) is 4.75. The van der Waals surface area contributed by atoms with Gasteiger partial charge in [0.25, 0.3) is 0 Å². The summed E-state index contributed by atoms with van der Waals surface area (Å²) in [7, 11) is 1.96. The van der Waals surface area contributed by atoms with E-state index < -0.39 is 0 Å². The lowest BCUT2D eigenvalue weighted by atomic mass is 10.00. The number of furan rings is 1. The van der Waals surface area contributed by atoms with Gasteiger partial charge in [0.15, 0.2) is 0 Å². The predicted octanol–water partition coefficient (Wildman–Crippen LogP) is 2.86. The van der Waals surface area contributed by atoms with E-state index >= 15 is 0 Å². The van der Waals surface area contributed by atoms with Crippen LogP contribution in [0.3, 0.4) is 0 Å². The van der Waals surface area contributed by atoms with Crippen LogP contribution in [0.5, 0.6) is 0 Å². The van der Waals surface area contributed by atoms with Crippen molar-refractivity contribution >= 4 is 0 Å². The van der Waals surface area contributed by atoms with Crippen LogP contribution in [0.4, 0.5) is 4.39 Å². The van der Waals surface area contributed by atoms with Gasteiger partial charge in [0.2, 0.25) is 0 Å². The average molecular weight is 262 g/mol. The molecule has 0 saturated carbocycles. The average Bonchev–Trinajstić information content (AvgIpc) is 2.87. The molecule has 2 aromatic rings. The predicted molar refractivity (Wildman–Crippen MR) is 73.1 cm³/mol. The minimum absolute atomic E-state index is 0.0270. The van der Waals surface area contributed by atoms with Gasteiger partial charge in [0.1, 0.15) is 11.6 Å². The summed E-state index contributed by atoms with van der Waals surface area (Å²) in [6, 6.07) is 8.57. The molecule has 1 heterocycles. The van der Waals surface area contributed by atoms with Gasteiger partial charge in [-0.25, -0.2) is 4.39 Å². The van der Waals surface area contributed by atoms with Gasteiger partial charge in [-0.15, -0.1) is 0 Å². The van der Waals surface area contributed by atoms with Crippen molar-refractivity contribution in [3.05, 3.63) is 59.3 Å². The van der Waals surface area contributed by atoms with Crippen LogP contribution < -0.4 is 5.73 Å². The third-order valence-electron chi connectivity index (χ3n) is 3.34. The van der Waals surface area contributed by atoms with E-state index in [9.17, 15) is 4.39 Å². The van der Waals surface area contributed by atoms with Gasteiger partial charge >= 0.3 is 0 Å². The maximum atomic E-state index is 13.4. The summed E-state index contributed by atoms with van der Waals surface area (Å²) < 4.78 is 18.7. The third kappa shape index (κ3) is 3.22. The van der Waals surface area contributed by atoms with Crippen molar-refractivity contribution in [1.29, 1.82) is 0 Å². The molecular weight excluding hydrogens is 243 g/mol. The van der Waals surface area contributed by atoms with Gasteiger partial charge in [-0.1, -0.05) is 6.07 Å². The van der Waals surface area contributed by atoms with Crippen molar-refractivity contribution in [2.45, 2.75) is 19.5 Å². The molecule has 1 atom stereocenters. The van der Waals surface area contributed by atoms with Crippen molar-refractivity contribution in [3.8, 4) is 0 Å². The number of nitrogens with zero attached hydrogens (tertiary/aromatic N) is 1. The number of likely N-dealkylation sites (N-methyl/N-ethyl adjacent to an activating group) is 1. The first-order chi connectivity index (χ1) is 9.11. The first-order valence-corrected chi connectivity index (χ1v) is 6.30. The lowest BCUT2D eigenvalue weighted by Crippen LogP contribution is -2.30. The Bertz CT molecular complexity index is 525. The Labute approximate surface area is 112 Å². The summed E-state index contributed by atoms with van der Waals surface area (Å²) >= 11 is 0. The quantitative estimate of drug-likeness (QED) is 0.901. The van der Waals surface area contributed by atoms with E-state index in [-0.39, 0.29) is 11.9 Å². The molecule has 3 nitrogen and oxygen atoms in total. The Kier molecular flexibility index (Phi) is 4.35. The zero-order chi connectivity index (χ0) is 13.8. The number of rotatable bonds is 5. The highest BCUT2D eigenvalue weighted by Crippen LogP contribution is 2.24. The van der Waals surface area contributed by atoms with Gasteiger partial charge in [-0.05, 0) is 49.4 Å². The van der Waals surface area contributed by atoms with Crippen LogP contribution in [-0.2, 0) is 6.54 Å². The fraction of sp³-hybridized carbons (Fsp3) is 0.333. The molecule has 0 aliphatic rings. The molecule has 4 heteroatoms. The van der Waals surface area contributed by atoms with Crippen molar-refractivity contribution in [2.24, 2.45) is 5.73 Å². The molecule has 2 rings (SSSR count). The molecule has 0 bridgehead atoms. The normalized spacial score (nSPS) is 12.9. The Balaban J connectivity index is 2.21. The number of hydrogen-bond donors (Lipinski definition) is 1. The molecule has 1 aromatic heterocycles. The highest BCUT2D eigenvalue weighted by Gasteiger charge is 2.19. The summed E-state index contributed by atoms with van der Waals surface area (Å²) in [6.45, 7) is 3.05. The smallest absolute Gasteiger partial charge is 0.123 e. The summed E-state index contributed by atoms with van der Waals surface area (Å²) in [5.41, 5.74) is 7.83. The molecule has 0 aliphatic heterocycles. The van der Waals surface area contributed by atoms with E-state index in [4.69, 9.17) is 10.2 Å². The second kappa shape index (κ2) is 5.99. The molecule has 0 saturated heterocycles. The van der Waals surface area contributed by atoms with Gasteiger partial charge in [0, 0.05) is 12.6 Å². The lowest BCUT2D eigenvalue weighted by Gasteiger charge is -2.27. The zero-order valence-electron chi connectivity index (χ0n) is 11.3. The third-order valence-corrected chi connectivity index (χ3v) is 3.34. The van der Waals surface area contributed by atoms with E-state index in [1.807, 2.05) is 26.1 Å². The molecule has 0 amide bonds. The summed E-state index contributed by atoms with van der Waals surface area (Å²) in [5.74, 6) is 0.639. The Morgan fingerprint density at radius 3 is 2.79 bits per heavy atom. The van der Waals surface area contributed by atoms with Crippen LogP contribution in [0.25, 0.3) is 0 Å². The number of halogens is 1. The zero-order valence-corrected chi connectivity index (χ0v) is 11.3. The largest absolute Gasteiger partial charge is 0.468 e. The first kappa shape index (κ1) is 13.8. The maximum Gasteiger partial charge on any atom is 0.123 e. The van der Waals surface area contributed by atoms with Gasteiger partial charge in [-0.3, -0.25) is 4.90 Å². The monoisotopic (exact) mass is 262 g/mol. The molecule has 0 fully saturated rings. The highest BCUT2D eigenvalue weighted by molar-refractivity contribution is 5.30. The number of benzene rings is 1. The van der Waals surface area contributed by atoms with Crippen LogP contribution >= 0.6 is 0 Å². The van der Waals surface area contributed by atoms with E-state index in [1.54, 1.807) is 18.4 Å². The van der Waals surface area contributed by atoms with Crippen molar-refractivity contribution in [3.63, 3.8) is 0 Å². The Morgan fingerprint density at radius 2 is 2.16 bits per heavy atom.